The van der Waals surface area contributed by atoms with E-state index < -0.39 is 0 Å². The summed E-state index contributed by atoms with van der Waals surface area (Å²) in [5.74, 6) is -0.0864. The van der Waals surface area contributed by atoms with E-state index in [1.54, 1.807) is 0 Å². The number of hydrogen-bond acceptors (Lipinski definition) is 2. The molecule has 0 aromatic heterocycles. The maximum absolute atomic E-state index is 11.2. The molecule has 3 heteroatoms. The maximum Gasteiger partial charge on any atom is 0.311 e. The van der Waals surface area contributed by atoms with E-state index in [0.717, 1.165) is 10.8 Å². The van der Waals surface area contributed by atoms with Crippen molar-refractivity contribution in [1.82, 2.24) is 0 Å². The molecule has 0 saturated heterocycles. The SMILES string of the molecule is CCC(C)(C)C(=O)OCCI. The van der Waals surface area contributed by atoms with Gasteiger partial charge in [-0.2, -0.15) is 0 Å². The van der Waals surface area contributed by atoms with E-state index in [9.17, 15) is 4.79 Å². The lowest BCUT2D eigenvalue weighted by atomic mass is 9.91. The van der Waals surface area contributed by atoms with Gasteiger partial charge in [0.2, 0.25) is 0 Å². The minimum Gasteiger partial charge on any atom is -0.464 e. The zero-order valence-electron chi connectivity index (χ0n) is 7.32. The number of halogens is 1. The summed E-state index contributed by atoms with van der Waals surface area (Å²) in [6, 6.07) is 0. The first-order valence-electron chi connectivity index (χ1n) is 3.77. The fourth-order valence-corrected chi connectivity index (χ4v) is 0.691. The molecule has 0 heterocycles. The summed E-state index contributed by atoms with van der Waals surface area (Å²) in [7, 11) is 0. The summed E-state index contributed by atoms with van der Waals surface area (Å²) in [4.78, 5) is 11.2. The van der Waals surface area contributed by atoms with Crippen LogP contribution in [0.2, 0.25) is 0 Å². The van der Waals surface area contributed by atoms with Gasteiger partial charge in [-0.25, -0.2) is 0 Å². The largest absolute Gasteiger partial charge is 0.464 e. The first kappa shape index (κ1) is 11.2. The maximum atomic E-state index is 11.2. The van der Waals surface area contributed by atoms with E-state index in [0.29, 0.717) is 6.61 Å². The molecule has 0 aliphatic heterocycles. The van der Waals surface area contributed by atoms with Gasteiger partial charge in [0.1, 0.15) is 6.61 Å². The van der Waals surface area contributed by atoms with Crippen LogP contribution in [0.5, 0.6) is 0 Å². The van der Waals surface area contributed by atoms with Crippen LogP contribution in [0.15, 0.2) is 0 Å². The Morgan fingerprint density at radius 1 is 1.55 bits per heavy atom. The van der Waals surface area contributed by atoms with Crippen LogP contribution in [0, 0.1) is 5.41 Å². The molecule has 0 spiro atoms. The van der Waals surface area contributed by atoms with Gasteiger partial charge in [-0.05, 0) is 20.3 Å². The molecule has 0 unspecified atom stereocenters. The third-order valence-corrected chi connectivity index (χ3v) is 2.19. The molecule has 0 N–H and O–H groups in total. The fourth-order valence-electron chi connectivity index (χ4n) is 0.471. The zero-order valence-corrected chi connectivity index (χ0v) is 9.47. The Morgan fingerprint density at radius 3 is 2.45 bits per heavy atom. The Balaban J connectivity index is 3.82. The van der Waals surface area contributed by atoms with Gasteiger partial charge in [0, 0.05) is 4.43 Å². The van der Waals surface area contributed by atoms with E-state index in [-0.39, 0.29) is 11.4 Å². The summed E-state index contributed by atoms with van der Waals surface area (Å²) in [5.41, 5.74) is -0.314. The van der Waals surface area contributed by atoms with Crippen molar-refractivity contribution < 1.29 is 9.53 Å². The van der Waals surface area contributed by atoms with Crippen molar-refractivity contribution in [3.05, 3.63) is 0 Å². The van der Waals surface area contributed by atoms with Gasteiger partial charge in [0.25, 0.3) is 0 Å². The molecular weight excluding hydrogens is 255 g/mol. The molecule has 0 aromatic carbocycles. The minimum absolute atomic E-state index is 0.0864. The molecule has 11 heavy (non-hydrogen) atoms. The number of carbonyl (C=O) groups excluding carboxylic acids is 1. The zero-order chi connectivity index (χ0) is 8.91. The minimum atomic E-state index is -0.314. The number of esters is 1. The predicted octanol–water partition coefficient (Wildman–Crippen LogP) is 2.40. The van der Waals surface area contributed by atoms with Gasteiger partial charge in [0.15, 0.2) is 0 Å². The molecule has 0 rings (SSSR count). The van der Waals surface area contributed by atoms with Crippen molar-refractivity contribution in [1.29, 1.82) is 0 Å². The van der Waals surface area contributed by atoms with Crippen LogP contribution < -0.4 is 0 Å². The fraction of sp³-hybridized carbons (Fsp3) is 0.875. The summed E-state index contributed by atoms with van der Waals surface area (Å²) in [6.45, 7) is 6.33. The van der Waals surface area contributed by atoms with E-state index in [2.05, 4.69) is 22.6 Å². The number of hydrogen-bond donors (Lipinski definition) is 0. The van der Waals surface area contributed by atoms with Gasteiger partial charge < -0.3 is 4.74 Å². The van der Waals surface area contributed by atoms with Gasteiger partial charge in [-0.15, -0.1) is 0 Å². The standard InChI is InChI=1S/C8H15IO2/c1-4-8(2,3)7(10)11-6-5-9/h4-6H2,1-3H3. The summed E-state index contributed by atoms with van der Waals surface area (Å²) < 4.78 is 5.86. The molecule has 0 aromatic rings. The molecule has 0 amide bonds. The van der Waals surface area contributed by atoms with Crippen molar-refractivity contribution in [3.8, 4) is 0 Å². The van der Waals surface area contributed by atoms with Crippen LogP contribution >= 0.6 is 22.6 Å². The van der Waals surface area contributed by atoms with Crippen LogP contribution in [0.1, 0.15) is 27.2 Å². The number of alkyl halides is 1. The molecule has 0 radical (unpaired) electrons. The second-order valence-corrected chi connectivity index (χ2v) is 4.14. The second kappa shape index (κ2) is 4.95. The van der Waals surface area contributed by atoms with Crippen molar-refractivity contribution in [2.45, 2.75) is 27.2 Å². The lowest BCUT2D eigenvalue weighted by molar-refractivity contribution is -0.153. The Bertz CT molecular complexity index is 132. The van der Waals surface area contributed by atoms with Crippen molar-refractivity contribution in [3.63, 3.8) is 0 Å². The van der Waals surface area contributed by atoms with Gasteiger partial charge >= 0.3 is 5.97 Å². The molecule has 0 fully saturated rings. The third kappa shape index (κ3) is 3.94. The highest BCUT2D eigenvalue weighted by Crippen LogP contribution is 2.21. The van der Waals surface area contributed by atoms with Gasteiger partial charge in [-0.1, -0.05) is 29.5 Å². The topological polar surface area (TPSA) is 26.3 Å². The van der Waals surface area contributed by atoms with Crippen LogP contribution in [-0.2, 0) is 9.53 Å². The molecule has 0 atom stereocenters. The third-order valence-electron chi connectivity index (χ3n) is 1.75. The van der Waals surface area contributed by atoms with Crippen molar-refractivity contribution in [2.24, 2.45) is 5.41 Å². The van der Waals surface area contributed by atoms with E-state index in [4.69, 9.17) is 4.74 Å². The van der Waals surface area contributed by atoms with E-state index >= 15 is 0 Å². The van der Waals surface area contributed by atoms with Crippen LogP contribution in [0.4, 0.5) is 0 Å². The lowest BCUT2D eigenvalue weighted by Crippen LogP contribution is -2.26. The predicted molar refractivity (Wildman–Crippen MR) is 53.9 cm³/mol. The van der Waals surface area contributed by atoms with E-state index in [1.165, 1.54) is 0 Å². The summed E-state index contributed by atoms with van der Waals surface area (Å²) in [6.07, 6.45) is 0.826. The van der Waals surface area contributed by atoms with Crippen LogP contribution in [0.3, 0.4) is 0 Å². The monoisotopic (exact) mass is 270 g/mol. The molecule has 66 valence electrons. The normalized spacial score (nSPS) is 11.3. The highest BCUT2D eigenvalue weighted by atomic mass is 127. The Kier molecular flexibility index (Phi) is 5.04. The van der Waals surface area contributed by atoms with Crippen molar-refractivity contribution >= 4 is 28.6 Å². The molecule has 0 aliphatic carbocycles. The molecule has 2 nitrogen and oxygen atoms in total. The first-order valence-corrected chi connectivity index (χ1v) is 5.30. The quantitative estimate of drug-likeness (QED) is 0.445. The summed E-state index contributed by atoms with van der Waals surface area (Å²) >= 11 is 2.18. The average molecular weight is 270 g/mol. The van der Waals surface area contributed by atoms with Gasteiger partial charge in [-0.3, -0.25) is 4.79 Å². The molecule has 0 aliphatic rings. The molecule has 0 saturated carbocycles. The highest BCUT2D eigenvalue weighted by Gasteiger charge is 2.26. The number of ether oxygens (including phenoxy) is 1. The smallest absolute Gasteiger partial charge is 0.311 e. The Hall–Kier alpha value is 0.200. The molecule has 0 bridgehead atoms. The average Bonchev–Trinajstić information content (AvgIpc) is 2.00. The van der Waals surface area contributed by atoms with Crippen LogP contribution in [0.25, 0.3) is 0 Å². The molecular formula is C8H15IO2. The lowest BCUT2D eigenvalue weighted by Gasteiger charge is -2.19. The van der Waals surface area contributed by atoms with Crippen LogP contribution in [-0.4, -0.2) is 17.0 Å². The number of rotatable bonds is 4. The Morgan fingerprint density at radius 2 is 2.09 bits per heavy atom. The first-order chi connectivity index (χ1) is 5.04. The Labute approximate surface area is 81.8 Å². The van der Waals surface area contributed by atoms with Gasteiger partial charge in [0.05, 0.1) is 5.41 Å². The number of carbonyl (C=O) groups is 1. The summed E-state index contributed by atoms with van der Waals surface area (Å²) in [5, 5.41) is 0. The van der Waals surface area contributed by atoms with Crippen molar-refractivity contribution in [2.75, 3.05) is 11.0 Å². The second-order valence-electron chi connectivity index (χ2n) is 3.06. The highest BCUT2D eigenvalue weighted by molar-refractivity contribution is 14.1. The van der Waals surface area contributed by atoms with E-state index in [1.807, 2.05) is 20.8 Å².